The molecule has 2 nitrogen and oxygen atoms in total. The number of Topliss-reactive ketones (excluding diaryl/α,β-unsaturated/α-hetero) is 1. The largest absolute Gasteiger partial charge is 0.480 e. The third-order valence-electron chi connectivity index (χ3n) is 3.37. The zero-order valence-corrected chi connectivity index (χ0v) is 12.1. The van der Waals surface area contributed by atoms with Gasteiger partial charge in [0.25, 0.3) is 0 Å². The highest BCUT2D eigenvalue weighted by molar-refractivity contribution is 6.35. The Morgan fingerprint density at radius 1 is 1.15 bits per heavy atom. The molecule has 1 aliphatic rings. The van der Waals surface area contributed by atoms with Gasteiger partial charge in [-0.3, -0.25) is 4.79 Å². The number of benzene rings is 2. The van der Waals surface area contributed by atoms with Crippen molar-refractivity contribution in [2.24, 2.45) is 0 Å². The van der Waals surface area contributed by atoms with Crippen molar-refractivity contribution in [2.75, 3.05) is 0 Å². The molecule has 0 amide bonds. The molecule has 4 heteroatoms. The van der Waals surface area contributed by atoms with Crippen LogP contribution in [0.2, 0.25) is 10.0 Å². The molecule has 3 rings (SSSR count). The number of rotatable bonds is 2. The van der Waals surface area contributed by atoms with Crippen LogP contribution in [0.15, 0.2) is 42.5 Å². The van der Waals surface area contributed by atoms with Crippen molar-refractivity contribution in [3.63, 3.8) is 0 Å². The van der Waals surface area contributed by atoms with Gasteiger partial charge < -0.3 is 4.74 Å². The van der Waals surface area contributed by atoms with Gasteiger partial charge in [0.2, 0.25) is 5.78 Å². The molecule has 1 unspecified atom stereocenters. The Bertz CT molecular complexity index is 653. The van der Waals surface area contributed by atoms with Crippen LogP contribution < -0.4 is 4.74 Å². The minimum Gasteiger partial charge on any atom is -0.480 e. The first-order valence-electron chi connectivity index (χ1n) is 6.39. The normalized spacial score (nSPS) is 17.2. The molecule has 1 heterocycles. The molecule has 0 radical (unpaired) electrons. The van der Waals surface area contributed by atoms with Crippen molar-refractivity contribution in [3.8, 4) is 5.75 Å². The quantitative estimate of drug-likeness (QED) is 0.760. The number of halogens is 2. The lowest BCUT2D eigenvalue weighted by Gasteiger charge is -2.26. The summed E-state index contributed by atoms with van der Waals surface area (Å²) < 4.78 is 5.79. The lowest BCUT2D eigenvalue weighted by Crippen LogP contribution is -2.31. The fourth-order valence-electron chi connectivity index (χ4n) is 2.39. The molecule has 0 N–H and O–H groups in total. The Kier molecular flexibility index (Phi) is 3.68. The van der Waals surface area contributed by atoms with Crippen LogP contribution in [0.4, 0.5) is 0 Å². The Morgan fingerprint density at radius 3 is 2.65 bits per heavy atom. The van der Waals surface area contributed by atoms with Gasteiger partial charge in [-0.15, -0.1) is 0 Å². The summed E-state index contributed by atoms with van der Waals surface area (Å²) in [6, 6.07) is 12.6. The van der Waals surface area contributed by atoms with Crippen LogP contribution in [0.5, 0.6) is 5.75 Å². The van der Waals surface area contributed by atoms with E-state index in [1.54, 1.807) is 18.2 Å². The summed E-state index contributed by atoms with van der Waals surface area (Å²) in [5, 5.41) is 1.04. The van der Waals surface area contributed by atoms with Crippen LogP contribution in [0.3, 0.4) is 0 Å². The lowest BCUT2D eigenvalue weighted by molar-refractivity contribution is 0.0756. The molecule has 0 bridgehead atoms. The summed E-state index contributed by atoms with van der Waals surface area (Å²) in [6.07, 6.45) is 0.888. The highest BCUT2D eigenvalue weighted by atomic mass is 35.5. The van der Waals surface area contributed by atoms with Crippen molar-refractivity contribution < 1.29 is 9.53 Å². The van der Waals surface area contributed by atoms with Gasteiger partial charge >= 0.3 is 0 Å². The smallest absolute Gasteiger partial charge is 0.203 e. The maximum absolute atomic E-state index is 12.4. The molecule has 1 atom stereocenters. The Labute approximate surface area is 127 Å². The van der Waals surface area contributed by atoms with Crippen LogP contribution in [0, 0.1) is 0 Å². The van der Waals surface area contributed by atoms with Gasteiger partial charge in [0, 0.05) is 10.6 Å². The summed E-state index contributed by atoms with van der Waals surface area (Å²) in [5.41, 5.74) is 1.62. The lowest BCUT2D eigenvalue weighted by atomic mass is 9.96. The van der Waals surface area contributed by atoms with E-state index < -0.39 is 6.10 Å². The van der Waals surface area contributed by atoms with Crippen molar-refractivity contribution in [1.29, 1.82) is 0 Å². The number of carbonyl (C=O) groups is 1. The maximum atomic E-state index is 12.4. The number of aryl methyl sites for hydroxylation is 1. The third-order valence-corrected chi connectivity index (χ3v) is 3.87. The highest BCUT2D eigenvalue weighted by Gasteiger charge is 2.28. The topological polar surface area (TPSA) is 26.3 Å². The Morgan fingerprint density at radius 2 is 1.90 bits per heavy atom. The standard InChI is InChI=1S/C16H12Cl2O2/c17-12-8-11-6-7-14(20-16(11)13(18)9-12)15(19)10-4-2-1-3-5-10/h1-5,8-9,14H,6-7H2. The first-order valence-corrected chi connectivity index (χ1v) is 7.14. The molecule has 0 saturated carbocycles. The van der Waals surface area contributed by atoms with Gasteiger partial charge in [0.15, 0.2) is 6.10 Å². The molecular formula is C16H12Cl2O2. The molecule has 0 spiro atoms. The van der Waals surface area contributed by atoms with Crippen LogP contribution in [-0.4, -0.2) is 11.9 Å². The van der Waals surface area contributed by atoms with Gasteiger partial charge in [-0.2, -0.15) is 0 Å². The predicted molar refractivity (Wildman–Crippen MR) is 80.0 cm³/mol. The summed E-state index contributed by atoms with van der Waals surface area (Å²) in [5.74, 6) is 0.568. The first kappa shape index (κ1) is 13.5. The van der Waals surface area contributed by atoms with Crippen LogP contribution in [0.25, 0.3) is 0 Å². The van der Waals surface area contributed by atoms with Gasteiger partial charge in [-0.05, 0) is 30.5 Å². The summed E-state index contributed by atoms with van der Waals surface area (Å²) in [6.45, 7) is 0. The van der Waals surface area contributed by atoms with E-state index in [2.05, 4.69) is 0 Å². The fourth-order valence-corrected chi connectivity index (χ4v) is 2.97. The van der Waals surface area contributed by atoms with Crippen molar-refractivity contribution in [3.05, 3.63) is 63.6 Å². The SMILES string of the molecule is O=C(c1ccccc1)C1CCc2cc(Cl)cc(Cl)c2O1. The van der Waals surface area contributed by atoms with E-state index in [0.29, 0.717) is 27.8 Å². The average Bonchev–Trinajstić information content (AvgIpc) is 2.47. The molecule has 0 fully saturated rings. The number of carbonyl (C=O) groups excluding carboxylic acids is 1. The number of fused-ring (bicyclic) bond motifs is 1. The number of ether oxygens (including phenoxy) is 1. The Hall–Kier alpha value is -1.51. The van der Waals surface area contributed by atoms with Crippen molar-refractivity contribution in [1.82, 2.24) is 0 Å². The molecule has 102 valence electrons. The zero-order valence-electron chi connectivity index (χ0n) is 10.6. The van der Waals surface area contributed by atoms with Crippen LogP contribution >= 0.6 is 23.2 Å². The molecule has 1 aliphatic heterocycles. The molecular weight excluding hydrogens is 295 g/mol. The van der Waals surface area contributed by atoms with Gasteiger partial charge in [0.05, 0.1) is 5.02 Å². The molecule has 0 saturated heterocycles. The summed E-state index contributed by atoms with van der Waals surface area (Å²) in [7, 11) is 0. The van der Waals surface area contributed by atoms with E-state index in [-0.39, 0.29) is 5.78 Å². The van der Waals surface area contributed by atoms with E-state index in [4.69, 9.17) is 27.9 Å². The van der Waals surface area contributed by atoms with E-state index in [1.807, 2.05) is 24.3 Å². The van der Waals surface area contributed by atoms with Gasteiger partial charge in [0.1, 0.15) is 5.75 Å². The second kappa shape index (κ2) is 5.47. The molecule has 2 aromatic carbocycles. The van der Waals surface area contributed by atoms with Crippen molar-refractivity contribution in [2.45, 2.75) is 18.9 Å². The van der Waals surface area contributed by atoms with Crippen LogP contribution in [-0.2, 0) is 6.42 Å². The summed E-state index contributed by atoms with van der Waals surface area (Å²) in [4.78, 5) is 12.4. The second-order valence-electron chi connectivity index (χ2n) is 4.75. The van der Waals surface area contributed by atoms with E-state index in [9.17, 15) is 4.79 Å². The fraction of sp³-hybridized carbons (Fsp3) is 0.188. The molecule has 0 aliphatic carbocycles. The predicted octanol–water partition coefficient (Wildman–Crippen LogP) is 4.57. The van der Waals surface area contributed by atoms with Gasteiger partial charge in [-0.1, -0.05) is 53.5 Å². The minimum atomic E-state index is -0.483. The zero-order chi connectivity index (χ0) is 14.1. The van der Waals surface area contributed by atoms with Crippen LogP contribution in [0.1, 0.15) is 22.3 Å². The average molecular weight is 307 g/mol. The van der Waals surface area contributed by atoms with Gasteiger partial charge in [-0.25, -0.2) is 0 Å². The first-order chi connectivity index (χ1) is 9.65. The molecule has 2 aromatic rings. The van der Waals surface area contributed by atoms with E-state index >= 15 is 0 Å². The van der Waals surface area contributed by atoms with Crippen molar-refractivity contribution >= 4 is 29.0 Å². The second-order valence-corrected chi connectivity index (χ2v) is 5.59. The molecule has 20 heavy (non-hydrogen) atoms. The third kappa shape index (κ3) is 2.54. The number of ketones is 1. The van der Waals surface area contributed by atoms with E-state index in [0.717, 1.165) is 12.0 Å². The molecule has 0 aromatic heterocycles. The monoisotopic (exact) mass is 306 g/mol. The minimum absolute atomic E-state index is 0.0118. The summed E-state index contributed by atoms with van der Waals surface area (Å²) >= 11 is 12.1. The maximum Gasteiger partial charge on any atom is 0.203 e. The highest BCUT2D eigenvalue weighted by Crippen LogP contribution is 2.37. The van der Waals surface area contributed by atoms with E-state index in [1.165, 1.54) is 0 Å². The number of hydrogen-bond donors (Lipinski definition) is 0. The Balaban J connectivity index is 1.87. The number of hydrogen-bond acceptors (Lipinski definition) is 2.